The minimum atomic E-state index is -0.500. The summed E-state index contributed by atoms with van der Waals surface area (Å²) in [5.74, 6) is 0. The van der Waals surface area contributed by atoms with E-state index in [-0.39, 0.29) is 30.9 Å². The lowest BCUT2D eigenvalue weighted by Crippen LogP contribution is -2.43. The van der Waals surface area contributed by atoms with Gasteiger partial charge in [0.2, 0.25) is 0 Å². The zero-order chi connectivity index (χ0) is 14.3. The number of benzene rings is 1. The third-order valence-corrected chi connectivity index (χ3v) is 3.21. The highest BCUT2D eigenvalue weighted by Crippen LogP contribution is 2.16. The molecule has 0 fully saturated rings. The van der Waals surface area contributed by atoms with Crippen LogP contribution in [0.1, 0.15) is 32.8 Å². The number of hydrogen-bond acceptors (Lipinski definition) is 3. The van der Waals surface area contributed by atoms with Gasteiger partial charge in [-0.25, -0.2) is 0 Å². The number of nitrogens with two attached hydrogens (primary N) is 1. The smallest absolute Gasteiger partial charge is 0.0818 e. The van der Waals surface area contributed by atoms with Gasteiger partial charge in [0.1, 0.15) is 0 Å². The molecule has 5 heteroatoms. The van der Waals surface area contributed by atoms with Gasteiger partial charge in [-0.15, -0.1) is 24.8 Å². The van der Waals surface area contributed by atoms with Crippen LogP contribution in [0.15, 0.2) is 30.3 Å². The Hall–Kier alpha value is -0.320. The fourth-order valence-electron chi connectivity index (χ4n) is 1.89. The maximum Gasteiger partial charge on any atom is 0.0818 e. The first kappa shape index (κ1) is 23.0. The molecule has 124 valence electrons. The van der Waals surface area contributed by atoms with Crippen molar-refractivity contribution in [2.75, 3.05) is 13.1 Å². The van der Waals surface area contributed by atoms with Gasteiger partial charge in [0.05, 0.1) is 6.10 Å². The largest absolute Gasteiger partial charge is 0.390 e. The van der Waals surface area contributed by atoms with Gasteiger partial charge in [-0.05, 0) is 30.4 Å². The minimum Gasteiger partial charge on any atom is -0.390 e. The molecule has 0 aliphatic heterocycles. The van der Waals surface area contributed by atoms with Gasteiger partial charge in [-0.3, -0.25) is 0 Å². The molecule has 0 spiro atoms. The Balaban J connectivity index is 0. The molecule has 0 saturated carbocycles. The van der Waals surface area contributed by atoms with E-state index in [2.05, 4.69) is 26.1 Å². The third-order valence-electron chi connectivity index (χ3n) is 3.21. The summed E-state index contributed by atoms with van der Waals surface area (Å²) in [4.78, 5) is 0. The molecule has 0 radical (unpaired) electrons. The number of nitrogens with one attached hydrogen (secondary N) is 1. The highest BCUT2D eigenvalue weighted by molar-refractivity contribution is 5.85. The van der Waals surface area contributed by atoms with E-state index in [0.29, 0.717) is 18.4 Å². The molecule has 0 amide bonds. The summed E-state index contributed by atoms with van der Waals surface area (Å²) in [5, 5.41) is 13.3. The summed E-state index contributed by atoms with van der Waals surface area (Å²) in [7, 11) is 0. The van der Waals surface area contributed by atoms with Crippen LogP contribution >= 0.6 is 24.8 Å². The molecule has 21 heavy (non-hydrogen) atoms. The van der Waals surface area contributed by atoms with E-state index in [9.17, 15) is 5.11 Å². The normalized spacial score (nSPS) is 13.8. The summed E-state index contributed by atoms with van der Waals surface area (Å²) in [5.41, 5.74) is 7.52. The lowest BCUT2D eigenvalue weighted by molar-refractivity contribution is 0.140. The Morgan fingerprint density at radius 2 is 1.71 bits per heavy atom. The highest BCUT2D eigenvalue weighted by Gasteiger charge is 2.15. The van der Waals surface area contributed by atoms with E-state index < -0.39 is 6.10 Å². The minimum absolute atomic E-state index is 0. The van der Waals surface area contributed by atoms with Crippen molar-refractivity contribution in [1.82, 2.24) is 5.32 Å². The van der Waals surface area contributed by atoms with Crippen molar-refractivity contribution >= 4 is 24.8 Å². The van der Waals surface area contributed by atoms with E-state index in [0.717, 1.165) is 13.0 Å². The molecule has 0 aliphatic carbocycles. The summed E-state index contributed by atoms with van der Waals surface area (Å²) >= 11 is 0. The van der Waals surface area contributed by atoms with Crippen molar-refractivity contribution in [2.45, 2.75) is 45.8 Å². The highest BCUT2D eigenvalue weighted by atomic mass is 35.5. The molecular weight excluding hydrogens is 307 g/mol. The summed E-state index contributed by atoms with van der Waals surface area (Å²) in [6.45, 7) is 8.12. The maximum absolute atomic E-state index is 10.0. The first-order valence-electron chi connectivity index (χ1n) is 7.07. The second-order valence-corrected chi connectivity index (χ2v) is 6.44. The fraction of sp³-hybridized carbons (Fsp3) is 0.625. The van der Waals surface area contributed by atoms with E-state index in [4.69, 9.17) is 5.73 Å². The number of aliphatic hydroxyl groups excluding tert-OH is 1. The van der Waals surface area contributed by atoms with Crippen LogP contribution in [0.2, 0.25) is 0 Å². The van der Waals surface area contributed by atoms with Gasteiger partial charge in [-0.2, -0.15) is 0 Å². The van der Waals surface area contributed by atoms with Crippen LogP contribution in [-0.2, 0) is 6.42 Å². The molecule has 0 heterocycles. The van der Waals surface area contributed by atoms with Crippen molar-refractivity contribution < 1.29 is 5.11 Å². The number of hydrogen-bond donors (Lipinski definition) is 3. The second kappa shape index (κ2) is 11.3. The van der Waals surface area contributed by atoms with Crippen molar-refractivity contribution in [1.29, 1.82) is 0 Å². The van der Waals surface area contributed by atoms with Crippen molar-refractivity contribution in [2.24, 2.45) is 11.1 Å². The van der Waals surface area contributed by atoms with Gasteiger partial charge in [-0.1, -0.05) is 51.1 Å². The predicted octanol–water partition coefficient (Wildman–Crippen LogP) is 2.79. The SMILES string of the molecule is CC(C)(C)CCNC[C@@H](O)[C@@H](N)Cc1ccccc1.Cl.Cl. The molecule has 1 aromatic carbocycles. The molecule has 0 bridgehead atoms. The van der Waals surface area contributed by atoms with Crippen LogP contribution in [0.4, 0.5) is 0 Å². The third kappa shape index (κ3) is 11.0. The van der Waals surface area contributed by atoms with Crippen LogP contribution in [0.5, 0.6) is 0 Å². The van der Waals surface area contributed by atoms with Gasteiger partial charge in [0.25, 0.3) is 0 Å². The zero-order valence-electron chi connectivity index (χ0n) is 13.2. The lowest BCUT2D eigenvalue weighted by atomic mass is 9.92. The molecule has 0 unspecified atom stereocenters. The standard InChI is InChI=1S/C16H28N2O.2ClH/c1-16(2,3)9-10-18-12-15(19)14(17)11-13-7-5-4-6-8-13;;/h4-8,14-15,18-19H,9-12,17H2,1-3H3;2*1H/t14-,15+;;/m0../s1. The molecular formula is C16H30Cl2N2O. The van der Waals surface area contributed by atoms with Crippen LogP contribution in [0.25, 0.3) is 0 Å². The molecule has 1 aromatic rings. The Labute approximate surface area is 141 Å². The first-order chi connectivity index (χ1) is 8.88. The first-order valence-corrected chi connectivity index (χ1v) is 7.07. The topological polar surface area (TPSA) is 58.3 Å². The van der Waals surface area contributed by atoms with Gasteiger partial charge in [0.15, 0.2) is 0 Å². The fourth-order valence-corrected chi connectivity index (χ4v) is 1.89. The average molecular weight is 337 g/mol. The Morgan fingerprint density at radius 3 is 2.24 bits per heavy atom. The van der Waals surface area contributed by atoms with E-state index >= 15 is 0 Å². The molecule has 0 saturated heterocycles. The molecule has 0 aliphatic rings. The maximum atomic E-state index is 10.0. The molecule has 2 atom stereocenters. The van der Waals surface area contributed by atoms with Crippen molar-refractivity contribution in [3.05, 3.63) is 35.9 Å². The molecule has 1 rings (SSSR count). The summed E-state index contributed by atoms with van der Waals surface area (Å²) < 4.78 is 0. The molecule has 3 nitrogen and oxygen atoms in total. The Kier molecular flexibility index (Phi) is 12.3. The van der Waals surface area contributed by atoms with E-state index in [1.165, 1.54) is 5.56 Å². The van der Waals surface area contributed by atoms with Crippen molar-refractivity contribution in [3.63, 3.8) is 0 Å². The van der Waals surface area contributed by atoms with Crippen molar-refractivity contribution in [3.8, 4) is 0 Å². The Morgan fingerprint density at radius 1 is 1.14 bits per heavy atom. The van der Waals surface area contributed by atoms with Gasteiger partial charge in [0, 0.05) is 12.6 Å². The van der Waals surface area contributed by atoms with E-state index in [1.807, 2.05) is 30.3 Å². The van der Waals surface area contributed by atoms with Gasteiger partial charge >= 0.3 is 0 Å². The summed E-state index contributed by atoms with van der Waals surface area (Å²) in [6, 6.07) is 9.84. The molecule has 4 N–H and O–H groups in total. The van der Waals surface area contributed by atoms with Gasteiger partial charge < -0.3 is 16.2 Å². The number of rotatable bonds is 7. The predicted molar refractivity (Wildman–Crippen MR) is 95.6 cm³/mol. The van der Waals surface area contributed by atoms with Crippen LogP contribution in [0, 0.1) is 5.41 Å². The molecule has 0 aromatic heterocycles. The lowest BCUT2D eigenvalue weighted by Gasteiger charge is -2.22. The average Bonchev–Trinajstić information content (AvgIpc) is 2.34. The van der Waals surface area contributed by atoms with Crippen LogP contribution in [0.3, 0.4) is 0 Å². The van der Waals surface area contributed by atoms with Crippen LogP contribution in [-0.4, -0.2) is 30.3 Å². The Bertz CT molecular complexity index is 355. The van der Waals surface area contributed by atoms with E-state index in [1.54, 1.807) is 0 Å². The second-order valence-electron chi connectivity index (χ2n) is 6.44. The van der Waals surface area contributed by atoms with Crippen LogP contribution < -0.4 is 11.1 Å². The summed E-state index contributed by atoms with van der Waals surface area (Å²) in [6.07, 6.45) is 1.30. The number of halogens is 2. The monoisotopic (exact) mass is 336 g/mol. The quantitative estimate of drug-likeness (QED) is 0.671. The zero-order valence-corrected chi connectivity index (χ0v) is 14.8. The number of aliphatic hydroxyl groups is 1.